The van der Waals surface area contributed by atoms with Crippen LogP contribution in [0.2, 0.25) is 5.02 Å². The molecule has 1 amide bonds. The first kappa shape index (κ1) is 14.3. The molecule has 0 aromatic heterocycles. The molecule has 0 bridgehead atoms. The highest BCUT2D eigenvalue weighted by Crippen LogP contribution is 2.34. The van der Waals surface area contributed by atoms with Gasteiger partial charge in [-0.25, -0.2) is 0 Å². The number of carbonyl (C=O) groups excluding carboxylic acids is 1. The lowest BCUT2D eigenvalue weighted by Crippen LogP contribution is -2.51. The second-order valence-corrected chi connectivity index (χ2v) is 5.71. The first-order valence-corrected chi connectivity index (χ1v) is 7.33. The fourth-order valence-electron chi connectivity index (χ4n) is 3.21. The molecule has 7 heteroatoms. The zero-order valence-electron chi connectivity index (χ0n) is 11.3. The van der Waals surface area contributed by atoms with Gasteiger partial charge in [0.15, 0.2) is 0 Å². The molecule has 1 aliphatic heterocycles. The van der Waals surface area contributed by atoms with Gasteiger partial charge in [-0.05, 0) is 31.4 Å². The Morgan fingerprint density at radius 3 is 3.00 bits per heavy atom. The van der Waals surface area contributed by atoms with Crippen LogP contribution in [0.4, 0.5) is 5.69 Å². The minimum atomic E-state index is -0.595. The Labute approximate surface area is 126 Å². The van der Waals surface area contributed by atoms with E-state index in [0.29, 0.717) is 13.2 Å². The van der Waals surface area contributed by atoms with Crippen molar-refractivity contribution >= 4 is 23.2 Å². The average molecular weight is 311 g/mol. The Morgan fingerprint density at radius 2 is 2.24 bits per heavy atom. The molecule has 2 atom stereocenters. The molecule has 0 radical (unpaired) electrons. The summed E-state index contributed by atoms with van der Waals surface area (Å²) in [6, 6.07) is 4.47. The summed E-state index contributed by atoms with van der Waals surface area (Å²) in [4.78, 5) is 25.0. The summed E-state index contributed by atoms with van der Waals surface area (Å²) in [5.41, 5.74) is -0.259. The minimum Gasteiger partial charge on any atom is -0.374 e. The molecular formula is C14H15ClN2O4. The van der Waals surface area contributed by atoms with E-state index in [1.807, 2.05) is 0 Å². The fraction of sp³-hybridized carbons (Fsp3) is 0.500. The van der Waals surface area contributed by atoms with E-state index in [4.69, 9.17) is 16.3 Å². The van der Waals surface area contributed by atoms with Crippen LogP contribution in [0.25, 0.3) is 0 Å². The maximum atomic E-state index is 12.7. The van der Waals surface area contributed by atoms with Gasteiger partial charge >= 0.3 is 5.69 Å². The number of fused-ring (bicyclic) bond motifs is 1. The van der Waals surface area contributed by atoms with Crippen molar-refractivity contribution < 1.29 is 14.5 Å². The molecule has 2 unspecified atom stereocenters. The van der Waals surface area contributed by atoms with Crippen LogP contribution in [0.3, 0.4) is 0 Å². The third-order valence-corrected chi connectivity index (χ3v) is 4.45. The van der Waals surface area contributed by atoms with Crippen molar-refractivity contribution in [2.24, 2.45) is 0 Å². The predicted octanol–water partition coefficient (Wildman–Crippen LogP) is 2.64. The second kappa shape index (κ2) is 5.61. The van der Waals surface area contributed by atoms with Gasteiger partial charge in [-0.15, -0.1) is 0 Å². The van der Waals surface area contributed by atoms with Crippen molar-refractivity contribution in [3.63, 3.8) is 0 Å². The largest absolute Gasteiger partial charge is 0.374 e. The highest BCUT2D eigenvalue weighted by Gasteiger charge is 2.40. The summed E-state index contributed by atoms with van der Waals surface area (Å²) < 4.78 is 5.67. The Bertz CT molecular complexity index is 592. The third kappa shape index (κ3) is 2.49. The smallest absolute Gasteiger partial charge is 0.300 e. The second-order valence-electron chi connectivity index (χ2n) is 5.30. The average Bonchev–Trinajstić information content (AvgIpc) is 2.94. The Balaban J connectivity index is 1.95. The van der Waals surface area contributed by atoms with Gasteiger partial charge in [0.1, 0.15) is 10.6 Å². The van der Waals surface area contributed by atoms with Gasteiger partial charge in [0.2, 0.25) is 0 Å². The van der Waals surface area contributed by atoms with Gasteiger partial charge in [0.05, 0.1) is 23.7 Å². The number of nitro benzene ring substituents is 1. The minimum absolute atomic E-state index is 0.0120. The van der Waals surface area contributed by atoms with E-state index >= 15 is 0 Å². The van der Waals surface area contributed by atoms with E-state index in [1.54, 1.807) is 11.0 Å². The first-order chi connectivity index (χ1) is 10.1. The number of benzene rings is 1. The molecule has 1 aromatic rings. The maximum Gasteiger partial charge on any atom is 0.300 e. The fourth-order valence-corrected chi connectivity index (χ4v) is 3.45. The molecule has 1 aromatic carbocycles. The molecule has 112 valence electrons. The van der Waals surface area contributed by atoms with Crippen LogP contribution >= 0.6 is 11.6 Å². The molecule has 1 heterocycles. The van der Waals surface area contributed by atoms with Gasteiger partial charge in [-0.2, -0.15) is 0 Å². The number of hydrogen-bond donors (Lipinski definition) is 0. The van der Waals surface area contributed by atoms with Crippen LogP contribution in [-0.4, -0.2) is 41.0 Å². The van der Waals surface area contributed by atoms with Crippen LogP contribution in [0, 0.1) is 10.1 Å². The van der Waals surface area contributed by atoms with Crippen LogP contribution in [0.15, 0.2) is 18.2 Å². The van der Waals surface area contributed by atoms with Crippen molar-refractivity contribution in [3.05, 3.63) is 38.9 Å². The van der Waals surface area contributed by atoms with Crippen molar-refractivity contribution in [1.29, 1.82) is 0 Å². The standard InChI is InChI=1S/C14H15ClN2O4/c15-10-4-1-3-9(13(10)17(19)20)14(18)16-7-8-21-12-6-2-5-11(12)16/h1,3-4,11-12H,2,5-8H2. The number of nitro groups is 1. The Hall–Kier alpha value is -1.66. The lowest BCUT2D eigenvalue weighted by molar-refractivity contribution is -0.385. The monoisotopic (exact) mass is 310 g/mol. The van der Waals surface area contributed by atoms with Crippen LogP contribution in [0.1, 0.15) is 29.6 Å². The van der Waals surface area contributed by atoms with E-state index < -0.39 is 4.92 Å². The first-order valence-electron chi connectivity index (χ1n) is 6.95. The van der Waals surface area contributed by atoms with Crippen molar-refractivity contribution in [1.82, 2.24) is 4.90 Å². The number of ether oxygens (including phenoxy) is 1. The summed E-state index contributed by atoms with van der Waals surface area (Å²) in [6.07, 6.45) is 2.88. The molecule has 21 heavy (non-hydrogen) atoms. The van der Waals surface area contributed by atoms with Crippen LogP contribution in [0.5, 0.6) is 0 Å². The normalized spacial score (nSPS) is 24.7. The van der Waals surface area contributed by atoms with Crippen LogP contribution < -0.4 is 0 Å². The van der Waals surface area contributed by atoms with Crippen molar-refractivity contribution in [2.75, 3.05) is 13.2 Å². The summed E-state index contributed by atoms with van der Waals surface area (Å²) in [6.45, 7) is 0.935. The number of nitrogens with zero attached hydrogens (tertiary/aromatic N) is 2. The number of para-hydroxylation sites is 1. The van der Waals surface area contributed by atoms with Gasteiger partial charge < -0.3 is 9.64 Å². The zero-order chi connectivity index (χ0) is 15.0. The van der Waals surface area contributed by atoms with E-state index in [9.17, 15) is 14.9 Å². The van der Waals surface area contributed by atoms with E-state index in [1.165, 1.54) is 12.1 Å². The van der Waals surface area contributed by atoms with E-state index in [-0.39, 0.29) is 34.3 Å². The van der Waals surface area contributed by atoms with Gasteiger partial charge in [-0.1, -0.05) is 17.7 Å². The zero-order valence-corrected chi connectivity index (χ0v) is 12.1. The Morgan fingerprint density at radius 1 is 1.43 bits per heavy atom. The number of carbonyl (C=O) groups is 1. The van der Waals surface area contributed by atoms with E-state index in [2.05, 4.69) is 0 Å². The Kier molecular flexibility index (Phi) is 3.82. The number of rotatable bonds is 2. The molecule has 1 saturated heterocycles. The molecule has 2 fully saturated rings. The predicted molar refractivity (Wildman–Crippen MR) is 76.5 cm³/mol. The van der Waals surface area contributed by atoms with Gasteiger partial charge in [0.25, 0.3) is 5.91 Å². The van der Waals surface area contributed by atoms with Crippen molar-refractivity contribution in [2.45, 2.75) is 31.4 Å². The number of halogens is 1. The molecule has 6 nitrogen and oxygen atoms in total. The quantitative estimate of drug-likeness (QED) is 0.622. The highest BCUT2D eigenvalue weighted by atomic mass is 35.5. The van der Waals surface area contributed by atoms with Crippen LogP contribution in [-0.2, 0) is 4.74 Å². The molecule has 1 saturated carbocycles. The van der Waals surface area contributed by atoms with Gasteiger partial charge in [-0.3, -0.25) is 14.9 Å². The molecule has 0 N–H and O–H groups in total. The number of morpholine rings is 1. The van der Waals surface area contributed by atoms with Crippen molar-refractivity contribution in [3.8, 4) is 0 Å². The maximum absolute atomic E-state index is 12.7. The topological polar surface area (TPSA) is 72.7 Å². The lowest BCUT2D eigenvalue weighted by Gasteiger charge is -2.37. The molecular weight excluding hydrogens is 296 g/mol. The third-order valence-electron chi connectivity index (χ3n) is 4.14. The SMILES string of the molecule is O=C(c1cccc(Cl)c1[N+](=O)[O-])N1CCOC2CCCC21. The molecule has 0 spiro atoms. The molecule has 3 rings (SSSR count). The lowest BCUT2D eigenvalue weighted by atomic mass is 10.1. The van der Waals surface area contributed by atoms with Gasteiger partial charge in [0, 0.05) is 6.54 Å². The molecule has 1 aliphatic carbocycles. The summed E-state index contributed by atoms with van der Waals surface area (Å²) >= 11 is 5.88. The summed E-state index contributed by atoms with van der Waals surface area (Å²) in [5.74, 6) is -0.329. The number of amides is 1. The highest BCUT2D eigenvalue weighted by molar-refractivity contribution is 6.33. The summed E-state index contributed by atoms with van der Waals surface area (Å²) in [5, 5.41) is 11.2. The molecule has 2 aliphatic rings. The summed E-state index contributed by atoms with van der Waals surface area (Å²) in [7, 11) is 0. The number of hydrogen-bond acceptors (Lipinski definition) is 4. The van der Waals surface area contributed by atoms with E-state index in [0.717, 1.165) is 19.3 Å².